The Morgan fingerprint density at radius 2 is 2.07 bits per heavy atom. The number of rotatable bonds is 2. The van der Waals surface area contributed by atoms with Gasteiger partial charge in [-0.2, -0.15) is 8.42 Å². The zero-order valence-corrected chi connectivity index (χ0v) is 10.1. The SMILES string of the molecule is COc1c(Br)cc(Cl)cc1S(=O)(=O)F. The van der Waals surface area contributed by atoms with E-state index in [1.807, 2.05) is 0 Å². The van der Waals surface area contributed by atoms with E-state index in [2.05, 4.69) is 15.9 Å². The Kier molecular flexibility index (Phi) is 3.39. The van der Waals surface area contributed by atoms with E-state index in [0.717, 1.165) is 6.07 Å². The van der Waals surface area contributed by atoms with E-state index in [9.17, 15) is 12.3 Å². The number of hydrogen-bond donors (Lipinski definition) is 0. The maximum atomic E-state index is 12.7. The second-order valence-electron chi connectivity index (χ2n) is 2.36. The number of methoxy groups -OCH3 is 1. The van der Waals surface area contributed by atoms with Crippen molar-refractivity contribution < 1.29 is 17.0 Å². The Bertz CT molecular complexity index is 460. The highest BCUT2D eigenvalue weighted by Crippen LogP contribution is 2.35. The van der Waals surface area contributed by atoms with E-state index in [-0.39, 0.29) is 15.2 Å². The standard InChI is InChI=1S/C7H5BrClFO3S/c1-13-7-5(8)2-4(9)3-6(7)14(10,11)12/h2-3H,1H3. The van der Waals surface area contributed by atoms with Crippen molar-refractivity contribution in [2.24, 2.45) is 0 Å². The van der Waals surface area contributed by atoms with Crippen molar-refractivity contribution in [2.75, 3.05) is 7.11 Å². The van der Waals surface area contributed by atoms with Gasteiger partial charge in [-0.05, 0) is 28.1 Å². The van der Waals surface area contributed by atoms with Crippen LogP contribution in [0.15, 0.2) is 21.5 Å². The highest BCUT2D eigenvalue weighted by molar-refractivity contribution is 9.10. The van der Waals surface area contributed by atoms with Gasteiger partial charge in [0.25, 0.3) is 0 Å². The number of ether oxygens (including phenoxy) is 1. The smallest absolute Gasteiger partial charge is 0.335 e. The van der Waals surface area contributed by atoms with Gasteiger partial charge in [-0.3, -0.25) is 0 Å². The first-order valence-corrected chi connectivity index (χ1v) is 5.89. The molecule has 0 unspecified atom stereocenters. The van der Waals surface area contributed by atoms with Crippen molar-refractivity contribution in [3.8, 4) is 5.75 Å². The van der Waals surface area contributed by atoms with E-state index in [0.29, 0.717) is 0 Å². The van der Waals surface area contributed by atoms with Crippen LogP contribution in [-0.2, 0) is 10.2 Å². The Morgan fingerprint density at radius 1 is 1.50 bits per heavy atom. The molecule has 0 atom stereocenters. The van der Waals surface area contributed by atoms with Gasteiger partial charge in [-0.15, -0.1) is 3.89 Å². The van der Waals surface area contributed by atoms with Gasteiger partial charge in [0.2, 0.25) is 0 Å². The summed E-state index contributed by atoms with van der Waals surface area (Å²) in [5.41, 5.74) is 0. The van der Waals surface area contributed by atoms with E-state index >= 15 is 0 Å². The summed E-state index contributed by atoms with van der Waals surface area (Å²) in [5.74, 6) is -0.100. The third kappa shape index (κ3) is 2.37. The first kappa shape index (κ1) is 11.7. The van der Waals surface area contributed by atoms with Crippen LogP contribution in [0.2, 0.25) is 5.02 Å². The lowest BCUT2D eigenvalue weighted by atomic mass is 10.3. The Balaban J connectivity index is 3.56. The van der Waals surface area contributed by atoms with Crippen molar-refractivity contribution in [2.45, 2.75) is 4.90 Å². The molecule has 14 heavy (non-hydrogen) atoms. The summed E-state index contributed by atoms with van der Waals surface area (Å²) in [4.78, 5) is -0.584. The lowest BCUT2D eigenvalue weighted by Crippen LogP contribution is -1.97. The third-order valence-electron chi connectivity index (χ3n) is 1.44. The van der Waals surface area contributed by atoms with Crippen LogP contribution < -0.4 is 4.74 Å². The molecule has 0 bridgehead atoms. The molecule has 1 aromatic rings. The van der Waals surface area contributed by atoms with E-state index in [1.165, 1.54) is 13.2 Å². The normalized spacial score (nSPS) is 11.4. The summed E-state index contributed by atoms with van der Waals surface area (Å²) in [5, 5.41) is 0.105. The lowest BCUT2D eigenvalue weighted by molar-refractivity contribution is 0.398. The number of benzene rings is 1. The van der Waals surface area contributed by atoms with Crippen LogP contribution in [0.5, 0.6) is 5.75 Å². The molecule has 0 aliphatic rings. The Hall–Kier alpha value is -0.330. The fourth-order valence-corrected chi connectivity index (χ4v) is 2.77. The Labute approximate surface area is 94.2 Å². The molecule has 0 spiro atoms. The molecule has 78 valence electrons. The molecule has 0 N–H and O–H groups in total. The number of hydrogen-bond acceptors (Lipinski definition) is 3. The first-order chi connectivity index (χ1) is 6.36. The van der Waals surface area contributed by atoms with Crippen molar-refractivity contribution in [3.63, 3.8) is 0 Å². The molecule has 0 amide bonds. The van der Waals surface area contributed by atoms with E-state index in [1.54, 1.807) is 0 Å². The highest BCUT2D eigenvalue weighted by atomic mass is 79.9. The monoisotopic (exact) mass is 302 g/mol. The van der Waals surface area contributed by atoms with Gasteiger partial charge in [-0.1, -0.05) is 11.6 Å². The van der Waals surface area contributed by atoms with Crippen LogP contribution in [0.4, 0.5) is 3.89 Å². The fourth-order valence-electron chi connectivity index (χ4n) is 0.916. The number of halogens is 3. The minimum absolute atomic E-state index is 0.100. The minimum atomic E-state index is -4.83. The summed E-state index contributed by atoms with van der Waals surface area (Å²) in [7, 11) is -3.59. The molecule has 0 saturated carbocycles. The summed E-state index contributed by atoms with van der Waals surface area (Å²) in [6.07, 6.45) is 0. The molecule has 0 aromatic heterocycles. The summed E-state index contributed by atoms with van der Waals surface area (Å²) >= 11 is 8.58. The zero-order chi connectivity index (χ0) is 10.9. The van der Waals surface area contributed by atoms with Crippen molar-refractivity contribution in [3.05, 3.63) is 21.6 Å². The average Bonchev–Trinajstić information content (AvgIpc) is 2.01. The predicted molar refractivity (Wildman–Crippen MR) is 54.0 cm³/mol. The molecule has 0 aliphatic heterocycles. The lowest BCUT2D eigenvalue weighted by Gasteiger charge is -2.07. The minimum Gasteiger partial charge on any atom is -0.494 e. The van der Waals surface area contributed by atoms with Crippen LogP contribution in [-0.4, -0.2) is 15.5 Å². The van der Waals surface area contributed by atoms with Crippen LogP contribution in [0.25, 0.3) is 0 Å². The van der Waals surface area contributed by atoms with Gasteiger partial charge < -0.3 is 4.74 Å². The van der Waals surface area contributed by atoms with Crippen LogP contribution in [0.1, 0.15) is 0 Å². The second kappa shape index (κ2) is 4.04. The zero-order valence-electron chi connectivity index (χ0n) is 6.92. The molecular formula is C7H5BrClFO3S. The van der Waals surface area contributed by atoms with Crippen molar-refractivity contribution in [1.82, 2.24) is 0 Å². The third-order valence-corrected chi connectivity index (χ3v) is 3.08. The molecule has 0 aliphatic carbocycles. The highest BCUT2D eigenvalue weighted by Gasteiger charge is 2.21. The van der Waals surface area contributed by atoms with Crippen LogP contribution >= 0.6 is 27.5 Å². The molecule has 3 nitrogen and oxygen atoms in total. The predicted octanol–water partition coefficient (Wildman–Crippen LogP) is 2.77. The topological polar surface area (TPSA) is 43.4 Å². The molecule has 0 radical (unpaired) electrons. The Morgan fingerprint density at radius 3 is 2.50 bits per heavy atom. The maximum absolute atomic E-state index is 12.7. The molecule has 7 heteroatoms. The van der Waals surface area contributed by atoms with Gasteiger partial charge in [0.05, 0.1) is 11.6 Å². The van der Waals surface area contributed by atoms with Gasteiger partial charge in [0.1, 0.15) is 4.90 Å². The first-order valence-electron chi connectivity index (χ1n) is 3.34. The van der Waals surface area contributed by atoms with E-state index < -0.39 is 15.1 Å². The van der Waals surface area contributed by atoms with Gasteiger partial charge >= 0.3 is 10.2 Å². The van der Waals surface area contributed by atoms with Gasteiger partial charge in [0, 0.05) is 5.02 Å². The van der Waals surface area contributed by atoms with E-state index in [4.69, 9.17) is 16.3 Å². The average molecular weight is 304 g/mol. The summed E-state index contributed by atoms with van der Waals surface area (Å²) < 4.78 is 39.1. The summed E-state index contributed by atoms with van der Waals surface area (Å²) in [6.45, 7) is 0. The van der Waals surface area contributed by atoms with Crippen LogP contribution in [0, 0.1) is 0 Å². The summed E-state index contributed by atoms with van der Waals surface area (Å²) in [6, 6.07) is 2.40. The maximum Gasteiger partial charge on any atom is 0.335 e. The second-order valence-corrected chi connectivity index (χ2v) is 4.96. The van der Waals surface area contributed by atoms with Gasteiger partial charge in [0.15, 0.2) is 5.75 Å². The molecule has 0 saturated heterocycles. The van der Waals surface area contributed by atoms with Crippen molar-refractivity contribution >= 4 is 37.8 Å². The molecule has 1 rings (SSSR count). The van der Waals surface area contributed by atoms with Crippen LogP contribution in [0.3, 0.4) is 0 Å². The fraction of sp³-hybridized carbons (Fsp3) is 0.143. The molecular weight excluding hydrogens is 298 g/mol. The molecule has 1 aromatic carbocycles. The van der Waals surface area contributed by atoms with Crippen molar-refractivity contribution in [1.29, 1.82) is 0 Å². The quantitative estimate of drug-likeness (QED) is 0.789. The molecule has 0 heterocycles. The van der Waals surface area contributed by atoms with Gasteiger partial charge in [-0.25, -0.2) is 0 Å². The largest absolute Gasteiger partial charge is 0.494 e. The molecule has 0 fully saturated rings.